The molecular weight excluding hydrogens is 336 g/mol. The Labute approximate surface area is 149 Å². The van der Waals surface area contributed by atoms with Gasteiger partial charge in [0.1, 0.15) is 0 Å². The lowest BCUT2D eigenvalue weighted by molar-refractivity contribution is 0.0913. The van der Waals surface area contributed by atoms with Crippen molar-refractivity contribution in [2.75, 3.05) is 0 Å². The third-order valence-corrected chi connectivity index (χ3v) is 4.37. The molecule has 25 heavy (non-hydrogen) atoms. The average molecular weight is 351 g/mol. The summed E-state index contributed by atoms with van der Waals surface area (Å²) in [4.78, 5) is 16.9. The first kappa shape index (κ1) is 15.7. The van der Waals surface area contributed by atoms with E-state index >= 15 is 0 Å². The third kappa shape index (κ3) is 3.08. The van der Waals surface area contributed by atoms with Crippen molar-refractivity contribution in [2.24, 2.45) is 0 Å². The number of fused-ring (bicyclic) bond motifs is 2. The van der Waals surface area contributed by atoms with Crippen LogP contribution in [-0.4, -0.2) is 10.9 Å². The van der Waals surface area contributed by atoms with Gasteiger partial charge in [0.15, 0.2) is 5.76 Å². The van der Waals surface area contributed by atoms with Crippen LogP contribution < -0.4 is 5.32 Å². The zero-order chi connectivity index (χ0) is 17.4. The molecule has 1 N–H and O–H groups in total. The molecule has 2 aromatic heterocycles. The van der Waals surface area contributed by atoms with Crippen LogP contribution in [0.2, 0.25) is 5.02 Å². The van der Waals surface area contributed by atoms with Crippen LogP contribution in [0, 0.1) is 0 Å². The maximum atomic E-state index is 12.5. The Morgan fingerprint density at radius 2 is 1.88 bits per heavy atom. The molecule has 124 valence electrons. The van der Waals surface area contributed by atoms with Gasteiger partial charge in [-0.3, -0.25) is 4.79 Å². The fourth-order valence-electron chi connectivity index (χ4n) is 2.80. The molecule has 4 aromatic rings. The van der Waals surface area contributed by atoms with Gasteiger partial charge in [-0.05, 0) is 36.8 Å². The van der Waals surface area contributed by atoms with E-state index in [-0.39, 0.29) is 17.7 Å². The summed E-state index contributed by atoms with van der Waals surface area (Å²) in [7, 11) is 0. The maximum Gasteiger partial charge on any atom is 0.287 e. The summed E-state index contributed by atoms with van der Waals surface area (Å²) in [6.07, 6.45) is 0. The van der Waals surface area contributed by atoms with Crippen LogP contribution in [0.25, 0.3) is 22.0 Å². The molecule has 0 aliphatic carbocycles. The Morgan fingerprint density at radius 3 is 2.68 bits per heavy atom. The van der Waals surface area contributed by atoms with Gasteiger partial charge in [0.25, 0.3) is 5.91 Å². The SMILES string of the molecule is C[C@H](NC(=O)c1cc2cc3ccc(Cl)cc3nc2o1)c1ccccc1. The number of halogens is 1. The summed E-state index contributed by atoms with van der Waals surface area (Å²) in [5.74, 6) is -0.0249. The number of nitrogens with zero attached hydrogens (tertiary/aromatic N) is 1. The van der Waals surface area contributed by atoms with E-state index in [0.29, 0.717) is 10.7 Å². The van der Waals surface area contributed by atoms with Crippen molar-refractivity contribution < 1.29 is 9.21 Å². The molecule has 4 rings (SSSR count). The summed E-state index contributed by atoms with van der Waals surface area (Å²) in [6, 6.07) is 18.8. The molecule has 0 aliphatic rings. The number of carbonyl (C=O) groups is 1. The molecule has 2 heterocycles. The van der Waals surface area contributed by atoms with Gasteiger partial charge in [0.2, 0.25) is 5.71 Å². The molecule has 0 spiro atoms. The molecule has 0 saturated heterocycles. The summed E-state index contributed by atoms with van der Waals surface area (Å²) >= 11 is 6.01. The average Bonchev–Trinajstić information content (AvgIpc) is 3.03. The number of aromatic nitrogens is 1. The van der Waals surface area contributed by atoms with Crippen molar-refractivity contribution >= 4 is 39.5 Å². The number of benzene rings is 2. The molecule has 0 aliphatic heterocycles. The summed E-state index contributed by atoms with van der Waals surface area (Å²) in [5, 5.41) is 5.29. The number of pyridine rings is 1. The van der Waals surface area contributed by atoms with Crippen LogP contribution in [0.4, 0.5) is 0 Å². The highest BCUT2D eigenvalue weighted by molar-refractivity contribution is 6.31. The molecule has 0 saturated carbocycles. The number of rotatable bonds is 3. The third-order valence-electron chi connectivity index (χ3n) is 4.14. The van der Waals surface area contributed by atoms with E-state index in [9.17, 15) is 4.79 Å². The van der Waals surface area contributed by atoms with Crippen molar-refractivity contribution in [1.82, 2.24) is 10.3 Å². The molecule has 1 amide bonds. The second-order valence-corrected chi connectivity index (χ2v) is 6.37. The number of hydrogen-bond acceptors (Lipinski definition) is 3. The van der Waals surface area contributed by atoms with E-state index in [1.807, 2.05) is 55.5 Å². The lowest BCUT2D eigenvalue weighted by Gasteiger charge is -2.12. The van der Waals surface area contributed by atoms with Gasteiger partial charge >= 0.3 is 0 Å². The van der Waals surface area contributed by atoms with Crippen LogP contribution in [0.15, 0.2) is 65.1 Å². The van der Waals surface area contributed by atoms with Gasteiger partial charge in [-0.25, -0.2) is 4.98 Å². The minimum atomic E-state index is -0.267. The molecule has 4 nitrogen and oxygen atoms in total. The second kappa shape index (κ2) is 6.22. The van der Waals surface area contributed by atoms with E-state index in [1.165, 1.54) is 0 Å². The van der Waals surface area contributed by atoms with Crippen molar-refractivity contribution in [3.8, 4) is 0 Å². The van der Waals surface area contributed by atoms with Crippen LogP contribution in [0.3, 0.4) is 0 Å². The molecule has 2 aromatic carbocycles. The summed E-state index contributed by atoms with van der Waals surface area (Å²) in [5.41, 5.74) is 2.19. The molecule has 5 heteroatoms. The van der Waals surface area contributed by atoms with E-state index < -0.39 is 0 Å². The molecule has 0 radical (unpaired) electrons. The van der Waals surface area contributed by atoms with Crippen LogP contribution in [0.1, 0.15) is 29.1 Å². The van der Waals surface area contributed by atoms with Crippen molar-refractivity contribution in [2.45, 2.75) is 13.0 Å². The molecule has 0 fully saturated rings. The van der Waals surface area contributed by atoms with Crippen molar-refractivity contribution in [1.29, 1.82) is 0 Å². The van der Waals surface area contributed by atoms with E-state index in [1.54, 1.807) is 12.1 Å². The number of carbonyl (C=O) groups excluding carboxylic acids is 1. The summed E-state index contributed by atoms with van der Waals surface area (Å²) < 4.78 is 5.65. The molecular formula is C20H15ClN2O2. The lowest BCUT2D eigenvalue weighted by atomic mass is 10.1. The van der Waals surface area contributed by atoms with E-state index in [4.69, 9.17) is 16.0 Å². The van der Waals surface area contributed by atoms with E-state index in [2.05, 4.69) is 10.3 Å². The van der Waals surface area contributed by atoms with Crippen LogP contribution in [0.5, 0.6) is 0 Å². The minimum Gasteiger partial charge on any atom is -0.433 e. The highest BCUT2D eigenvalue weighted by atomic mass is 35.5. The van der Waals surface area contributed by atoms with Gasteiger partial charge in [0.05, 0.1) is 11.6 Å². The smallest absolute Gasteiger partial charge is 0.287 e. The number of furan rings is 1. The zero-order valence-corrected chi connectivity index (χ0v) is 14.2. The predicted octanol–water partition coefficient (Wildman–Crippen LogP) is 5.13. The first-order valence-corrected chi connectivity index (χ1v) is 8.33. The quantitative estimate of drug-likeness (QED) is 0.557. The van der Waals surface area contributed by atoms with Gasteiger partial charge < -0.3 is 9.73 Å². The molecule has 1 atom stereocenters. The highest BCUT2D eigenvalue weighted by Crippen LogP contribution is 2.25. The Bertz CT molecular complexity index is 1070. The normalized spacial score (nSPS) is 12.4. The number of nitrogens with one attached hydrogen (secondary N) is 1. The monoisotopic (exact) mass is 350 g/mol. The fraction of sp³-hybridized carbons (Fsp3) is 0.100. The second-order valence-electron chi connectivity index (χ2n) is 5.94. The Hall–Kier alpha value is -2.85. The predicted molar refractivity (Wildman–Crippen MR) is 98.8 cm³/mol. The Balaban J connectivity index is 1.64. The lowest BCUT2D eigenvalue weighted by Crippen LogP contribution is -2.26. The fourth-order valence-corrected chi connectivity index (χ4v) is 2.97. The standard InChI is InChI=1S/C20H15ClN2O2/c1-12(13-5-3-2-4-6-13)22-19(24)18-10-15-9-14-7-8-16(21)11-17(14)23-20(15)25-18/h2-12H,1H3,(H,22,24)/t12-/m0/s1. The van der Waals surface area contributed by atoms with Gasteiger partial charge in [-0.1, -0.05) is 48.0 Å². The van der Waals surface area contributed by atoms with Crippen molar-refractivity contribution in [3.05, 3.63) is 77.0 Å². The number of hydrogen-bond donors (Lipinski definition) is 1. The Morgan fingerprint density at radius 1 is 1.08 bits per heavy atom. The van der Waals surface area contributed by atoms with Crippen molar-refractivity contribution in [3.63, 3.8) is 0 Å². The van der Waals surface area contributed by atoms with Crippen LogP contribution >= 0.6 is 11.6 Å². The van der Waals surface area contributed by atoms with E-state index in [0.717, 1.165) is 21.9 Å². The van der Waals surface area contributed by atoms with Gasteiger partial charge in [-0.15, -0.1) is 0 Å². The highest BCUT2D eigenvalue weighted by Gasteiger charge is 2.16. The molecule has 0 unspecified atom stereocenters. The number of amides is 1. The first-order valence-electron chi connectivity index (χ1n) is 7.96. The summed E-state index contributed by atoms with van der Waals surface area (Å²) in [6.45, 7) is 1.93. The van der Waals surface area contributed by atoms with Gasteiger partial charge in [-0.2, -0.15) is 0 Å². The van der Waals surface area contributed by atoms with Gasteiger partial charge in [0, 0.05) is 15.8 Å². The zero-order valence-electron chi connectivity index (χ0n) is 13.5. The molecule has 0 bridgehead atoms. The van der Waals surface area contributed by atoms with Crippen LogP contribution in [-0.2, 0) is 0 Å². The topological polar surface area (TPSA) is 55.1 Å². The minimum absolute atomic E-state index is 0.118. The maximum absolute atomic E-state index is 12.5. The largest absolute Gasteiger partial charge is 0.433 e. The Kier molecular flexibility index (Phi) is 3.90. The first-order chi connectivity index (χ1) is 12.1.